The van der Waals surface area contributed by atoms with E-state index in [2.05, 4.69) is 35.3 Å². The van der Waals surface area contributed by atoms with Crippen molar-refractivity contribution in [1.82, 2.24) is 4.90 Å². The lowest BCUT2D eigenvalue weighted by atomic mass is 9.99. The smallest absolute Gasteiger partial charge is 0.124 e. The van der Waals surface area contributed by atoms with Gasteiger partial charge in [-0.05, 0) is 18.1 Å². The Hall–Kier alpha value is -1.32. The van der Waals surface area contributed by atoms with Crippen molar-refractivity contribution < 1.29 is 4.74 Å². The van der Waals surface area contributed by atoms with Crippen molar-refractivity contribution in [3.63, 3.8) is 0 Å². The average molecular weight is 244 g/mol. The van der Waals surface area contributed by atoms with Crippen molar-refractivity contribution >= 4 is 0 Å². The van der Waals surface area contributed by atoms with Gasteiger partial charge in [0.25, 0.3) is 0 Å². The van der Waals surface area contributed by atoms with Gasteiger partial charge in [-0.25, -0.2) is 0 Å². The molecule has 0 bridgehead atoms. The van der Waals surface area contributed by atoms with E-state index in [1.807, 2.05) is 0 Å². The molecule has 0 aliphatic carbocycles. The number of nitrogens with zero attached hydrogens (tertiary/aromatic N) is 1. The van der Waals surface area contributed by atoms with Gasteiger partial charge in [0, 0.05) is 37.7 Å². The molecule has 18 heavy (non-hydrogen) atoms. The van der Waals surface area contributed by atoms with Gasteiger partial charge in [-0.3, -0.25) is 4.90 Å². The number of ether oxygens (including phenoxy) is 1. The molecule has 0 aromatic heterocycles. The molecule has 1 aromatic rings. The Kier molecular flexibility index (Phi) is 3.35. The molecule has 2 N–H and O–H groups in total. The molecule has 2 aliphatic heterocycles. The standard InChI is InChI=1S/C15H20N2O/c16-14-6-9-18-15-10-12(4-5-13(14)15)11-17-7-2-1-3-8-17/h1-2,4-5,10,14H,3,6-9,11,16H2. The van der Waals surface area contributed by atoms with Crippen molar-refractivity contribution in [1.29, 1.82) is 0 Å². The Morgan fingerprint density at radius 1 is 1.33 bits per heavy atom. The van der Waals surface area contributed by atoms with Crippen LogP contribution in [0.25, 0.3) is 0 Å². The first kappa shape index (κ1) is 11.8. The van der Waals surface area contributed by atoms with Gasteiger partial charge in [-0.15, -0.1) is 0 Å². The number of rotatable bonds is 2. The molecule has 0 radical (unpaired) electrons. The summed E-state index contributed by atoms with van der Waals surface area (Å²) < 4.78 is 5.71. The van der Waals surface area contributed by atoms with E-state index < -0.39 is 0 Å². The predicted molar refractivity (Wildman–Crippen MR) is 72.5 cm³/mol. The zero-order valence-electron chi connectivity index (χ0n) is 10.6. The van der Waals surface area contributed by atoms with Crippen LogP contribution in [0, 0.1) is 0 Å². The van der Waals surface area contributed by atoms with Crippen LogP contribution in [0.15, 0.2) is 30.4 Å². The number of benzene rings is 1. The van der Waals surface area contributed by atoms with Crippen LogP contribution in [-0.2, 0) is 6.54 Å². The largest absolute Gasteiger partial charge is 0.493 e. The number of nitrogens with two attached hydrogens (primary N) is 1. The number of hydrogen-bond acceptors (Lipinski definition) is 3. The molecule has 0 amide bonds. The summed E-state index contributed by atoms with van der Waals surface area (Å²) in [5, 5.41) is 0. The molecular weight excluding hydrogens is 224 g/mol. The van der Waals surface area contributed by atoms with E-state index in [1.54, 1.807) is 0 Å². The molecule has 96 valence electrons. The fraction of sp³-hybridized carbons (Fsp3) is 0.467. The molecule has 2 aliphatic rings. The molecule has 0 fully saturated rings. The molecule has 0 saturated carbocycles. The highest BCUT2D eigenvalue weighted by Gasteiger charge is 2.18. The second kappa shape index (κ2) is 5.12. The van der Waals surface area contributed by atoms with Crippen LogP contribution in [0.1, 0.15) is 30.0 Å². The van der Waals surface area contributed by atoms with Gasteiger partial charge in [0.2, 0.25) is 0 Å². The summed E-state index contributed by atoms with van der Waals surface area (Å²) in [6.45, 7) is 3.94. The van der Waals surface area contributed by atoms with E-state index in [1.165, 1.54) is 5.56 Å². The van der Waals surface area contributed by atoms with Gasteiger partial charge in [0.05, 0.1) is 6.61 Å². The number of hydrogen-bond donors (Lipinski definition) is 1. The first-order chi connectivity index (χ1) is 8.83. The van der Waals surface area contributed by atoms with E-state index in [-0.39, 0.29) is 6.04 Å². The van der Waals surface area contributed by atoms with E-state index in [9.17, 15) is 0 Å². The van der Waals surface area contributed by atoms with Crippen LogP contribution < -0.4 is 10.5 Å². The lowest BCUT2D eigenvalue weighted by Gasteiger charge is -2.26. The van der Waals surface area contributed by atoms with Gasteiger partial charge in [-0.2, -0.15) is 0 Å². The maximum absolute atomic E-state index is 6.08. The molecule has 1 unspecified atom stereocenters. The van der Waals surface area contributed by atoms with Gasteiger partial charge >= 0.3 is 0 Å². The van der Waals surface area contributed by atoms with Gasteiger partial charge in [-0.1, -0.05) is 24.3 Å². The van der Waals surface area contributed by atoms with Crippen molar-refractivity contribution in [3.8, 4) is 5.75 Å². The summed E-state index contributed by atoms with van der Waals surface area (Å²) in [5.41, 5.74) is 8.55. The molecular formula is C15H20N2O. The Labute approximate surface area is 108 Å². The Balaban J connectivity index is 1.75. The minimum Gasteiger partial charge on any atom is -0.493 e. The molecule has 2 heterocycles. The monoisotopic (exact) mass is 244 g/mol. The summed E-state index contributed by atoms with van der Waals surface area (Å²) in [6.07, 6.45) is 6.58. The lowest BCUT2D eigenvalue weighted by Crippen LogP contribution is -2.27. The SMILES string of the molecule is NC1CCOc2cc(CN3CC=CCC3)ccc21. The molecule has 1 aromatic carbocycles. The number of fused-ring (bicyclic) bond motifs is 1. The van der Waals surface area contributed by atoms with Gasteiger partial charge < -0.3 is 10.5 Å². The fourth-order valence-electron chi connectivity index (χ4n) is 2.65. The summed E-state index contributed by atoms with van der Waals surface area (Å²) in [4.78, 5) is 2.45. The quantitative estimate of drug-likeness (QED) is 0.811. The normalized spacial score (nSPS) is 23.5. The highest BCUT2D eigenvalue weighted by Crippen LogP contribution is 2.31. The molecule has 0 spiro atoms. The van der Waals surface area contributed by atoms with Crippen LogP contribution in [-0.4, -0.2) is 24.6 Å². The third kappa shape index (κ3) is 2.42. The minimum atomic E-state index is 0.140. The van der Waals surface area contributed by atoms with Crippen LogP contribution in [0.3, 0.4) is 0 Å². The predicted octanol–water partition coefficient (Wildman–Crippen LogP) is 2.23. The van der Waals surface area contributed by atoms with Crippen LogP contribution in [0.5, 0.6) is 5.75 Å². The maximum atomic E-state index is 6.08. The second-order valence-corrected chi connectivity index (χ2v) is 5.11. The third-order valence-electron chi connectivity index (χ3n) is 3.71. The van der Waals surface area contributed by atoms with Crippen molar-refractivity contribution in [2.75, 3.05) is 19.7 Å². The van der Waals surface area contributed by atoms with E-state index in [0.717, 1.165) is 50.4 Å². The first-order valence-corrected chi connectivity index (χ1v) is 6.71. The second-order valence-electron chi connectivity index (χ2n) is 5.11. The van der Waals surface area contributed by atoms with Gasteiger partial charge in [0.15, 0.2) is 0 Å². The molecule has 3 heteroatoms. The van der Waals surface area contributed by atoms with Crippen LogP contribution in [0.4, 0.5) is 0 Å². The Bertz CT molecular complexity index is 456. The topological polar surface area (TPSA) is 38.5 Å². The summed E-state index contributed by atoms with van der Waals surface area (Å²) in [7, 11) is 0. The zero-order valence-corrected chi connectivity index (χ0v) is 10.6. The average Bonchev–Trinajstić information content (AvgIpc) is 2.40. The highest BCUT2D eigenvalue weighted by atomic mass is 16.5. The minimum absolute atomic E-state index is 0.140. The highest BCUT2D eigenvalue weighted by molar-refractivity contribution is 5.40. The first-order valence-electron chi connectivity index (χ1n) is 6.71. The van der Waals surface area contributed by atoms with E-state index >= 15 is 0 Å². The molecule has 0 saturated heterocycles. The Morgan fingerprint density at radius 2 is 2.28 bits per heavy atom. The third-order valence-corrected chi connectivity index (χ3v) is 3.71. The van der Waals surface area contributed by atoms with Crippen molar-refractivity contribution in [2.24, 2.45) is 5.73 Å². The van der Waals surface area contributed by atoms with E-state index in [0.29, 0.717) is 0 Å². The maximum Gasteiger partial charge on any atom is 0.124 e. The summed E-state index contributed by atoms with van der Waals surface area (Å²) >= 11 is 0. The zero-order chi connectivity index (χ0) is 12.4. The summed E-state index contributed by atoms with van der Waals surface area (Å²) in [6, 6.07) is 6.62. The van der Waals surface area contributed by atoms with Crippen LogP contribution in [0.2, 0.25) is 0 Å². The Morgan fingerprint density at radius 3 is 3.11 bits per heavy atom. The van der Waals surface area contributed by atoms with Crippen molar-refractivity contribution in [2.45, 2.75) is 25.4 Å². The molecule has 1 atom stereocenters. The molecule has 3 nitrogen and oxygen atoms in total. The molecule has 3 rings (SSSR count). The lowest BCUT2D eigenvalue weighted by molar-refractivity contribution is 0.265. The van der Waals surface area contributed by atoms with E-state index in [4.69, 9.17) is 10.5 Å². The van der Waals surface area contributed by atoms with Crippen molar-refractivity contribution in [3.05, 3.63) is 41.5 Å². The fourth-order valence-corrected chi connectivity index (χ4v) is 2.65. The van der Waals surface area contributed by atoms with Gasteiger partial charge in [0.1, 0.15) is 5.75 Å². The summed E-state index contributed by atoms with van der Waals surface area (Å²) in [5.74, 6) is 0.985. The van der Waals surface area contributed by atoms with Crippen LogP contribution >= 0.6 is 0 Å².